The van der Waals surface area contributed by atoms with Gasteiger partial charge in [-0.2, -0.15) is 13.2 Å². The van der Waals surface area contributed by atoms with E-state index in [0.29, 0.717) is 17.7 Å². The first-order valence-electron chi connectivity index (χ1n) is 6.34. The van der Waals surface area contributed by atoms with Crippen molar-refractivity contribution >= 4 is 0 Å². The summed E-state index contributed by atoms with van der Waals surface area (Å²) < 4.78 is 43.6. The molecular weight excluding hydrogens is 267 g/mol. The van der Waals surface area contributed by atoms with E-state index < -0.39 is 11.7 Å². The first-order chi connectivity index (χ1) is 9.40. The third kappa shape index (κ3) is 3.42. The van der Waals surface area contributed by atoms with Crippen LogP contribution in [0.4, 0.5) is 13.2 Å². The van der Waals surface area contributed by atoms with E-state index in [4.69, 9.17) is 4.42 Å². The molecule has 0 bridgehead atoms. The van der Waals surface area contributed by atoms with Crippen molar-refractivity contribution in [2.75, 3.05) is 7.05 Å². The van der Waals surface area contributed by atoms with Crippen LogP contribution < -0.4 is 5.32 Å². The Kier molecular flexibility index (Phi) is 4.18. The van der Waals surface area contributed by atoms with E-state index in [0.717, 1.165) is 17.9 Å². The topological polar surface area (TPSA) is 25.2 Å². The molecule has 1 aromatic carbocycles. The van der Waals surface area contributed by atoms with E-state index in [9.17, 15) is 13.2 Å². The van der Waals surface area contributed by atoms with Crippen LogP contribution in [0.15, 0.2) is 40.8 Å². The molecule has 1 atom stereocenters. The summed E-state index contributed by atoms with van der Waals surface area (Å²) in [4.78, 5) is 0. The lowest BCUT2D eigenvalue weighted by Gasteiger charge is -2.08. The summed E-state index contributed by atoms with van der Waals surface area (Å²) in [5.74, 6) is 1.20. The summed E-state index contributed by atoms with van der Waals surface area (Å²) in [7, 11) is 1.85. The van der Waals surface area contributed by atoms with Gasteiger partial charge in [-0.25, -0.2) is 0 Å². The molecule has 0 radical (unpaired) electrons. The summed E-state index contributed by atoms with van der Waals surface area (Å²) >= 11 is 0. The number of halogens is 3. The van der Waals surface area contributed by atoms with Crippen LogP contribution in [0.25, 0.3) is 11.3 Å². The second-order valence-corrected chi connectivity index (χ2v) is 4.74. The molecule has 0 aliphatic carbocycles. The molecule has 1 heterocycles. The van der Waals surface area contributed by atoms with E-state index in [1.807, 2.05) is 14.0 Å². The van der Waals surface area contributed by atoms with Crippen molar-refractivity contribution in [1.29, 1.82) is 0 Å². The smallest absolute Gasteiger partial charge is 0.416 e. The average molecular weight is 283 g/mol. The Morgan fingerprint density at radius 2 is 1.95 bits per heavy atom. The van der Waals surface area contributed by atoms with Gasteiger partial charge in [0.25, 0.3) is 0 Å². The molecule has 2 nitrogen and oxygen atoms in total. The Labute approximate surface area is 115 Å². The molecule has 0 saturated carbocycles. The molecule has 0 fully saturated rings. The Morgan fingerprint density at radius 1 is 1.20 bits per heavy atom. The van der Waals surface area contributed by atoms with Crippen LogP contribution in [0, 0.1) is 0 Å². The third-order valence-corrected chi connectivity index (χ3v) is 3.14. The largest absolute Gasteiger partial charge is 0.461 e. The van der Waals surface area contributed by atoms with Gasteiger partial charge in [0.1, 0.15) is 11.5 Å². The summed E-state index contributed by atoms with van der Waals surface area (Å²) in [6.07, 6.45) is -3.65. The SMILES string of the molecule is CNC(C)Cc1ccc(-c2cccc(C(F)(F)F)c2)o1. The predicted molar refractivity (Wildman–Crippen MR) is 71.4 cm³/mol. The molecule has 108 valence electrons. The van der Waals surface area contributed by atoms with E-state index in [1.165, 1.54) is 6.07 Å². The highest BCUT2D eigenvalue weighted by Crippen LogP contribution is 2.32. The lowest BCUT2D eigenvalue weighted by Crippen LogP contribution is -2.23. The maximum atomic E-state index is 12.7. The Morgan fingerprint density at radius 3 is 2.60 bits per heavy atom. The molecule has 0 saturated heterocycles. The molecule has 2 rings (SSSR count). The molecule has 0 amide bonds. The average Bonchev–Trinajstić information content (AvgIpc) is 2.86. The lowest BCUT2D eigenvalue weighted by atomic mass is 10.1. The molecule has 0 aliphatic heterocycles. The predicted octanol–water partition coefficient (Wildman–Crippen LogP) is 4.12. The van der Waals surface area contributed by atoms with Gasteiger partial charge in [-0.15, -0.1) is 0 Å². The van der Waals surface area contributed by atoms with E-state index in [-0.39, 0.29) is 6.04 Å². The van der Waals surface area contributed by atoms with Crippen molar-refractivity contribution in [3.63, 3.8) is 0 Å². The lowest BCUT2D eigenvalue weighted by molar-refractivity contribution is -0.137. The van der Waals surface area contributed by atoms with Crippen LogP contribution in [0.2, 0.25) is 0 Å². The van der Waals surface area contributed by atoms with Crippen LogP contribution in [-0.2, 0) is 12.6 Å². The number of hydrogen-bond acceptors (Lipinski definition) is 2. The monoisotopic (exact) mass is 283 g/mol. The van der Waals surface area contributed by atoms with Crippen molar-refractivity contribution < 1.29 is 17.6 Å². The normalized spacial score (nSPS) is 13.4. The minimum absolute atomic E-state index is 0.246. The zero-order valence-corrected chi connectivity index (χ0v) is 11.3. The highest BCUT2D eigenvalue weighted by Gasteiger charge is 2.30. The number of hydrogen-bond donors (Lipinski definition) is 1. The number of alkyl halides is 3. The summed E-state index contributed by atoms with van der Waals surface area (Å²) in [6, 6.07) is 8.89. The van der Waals surface area contributed by atoms with Crippen LogP contribution in [0.3, 0.4) is 0 Å². The molecule has 1 unspecified atom stereocenters. The second kappa shape index (κ2) is 5.71. The zero-order chi connectivity index (χ0) is 14.8. The summed E-state index contributed by atoms with van der Waals surface area (Å²) in [5.41, 5.74) is -0.236. The molecule has 5 heteroatoms. The number of furan rings is 1. The molecule has 0 aliphatic rings. The van der Waals surface area contributed by atoms with E-state index in [1.54, 1.807) is 18.2 Å². The van der Waals surface area contributed by atoms with Gasteiger partial charge in [0.05, 0.1) is 5.56 Å². The molecule has 1 N–H and O–H groups in total. The van der Waals surface area contributed by atoms with Gasteiger partial charge in [0.15, 0.2) is 0 Å². The highest BCUT2D eigenvalue weighted by molar-refractivity contribution is 5.58. The fourth-order valence-corrected chi connectivity index (χ4v) is 1.90. The Balaban J connectivity index is 2.24. The zero-order valence-electron chi connectivity index (χ0n) is 11.3. The van der Waals surface area contributed by atoms with Crippen LogP contribution in [0.1, 0.15) is 18.2 Å². The quantitative estimate of drug-likeness (QED) is 0.913. The number of likely N-dealkylation sites (N-methyl/N-ethyl adjacent to an activating group) is 1. The first-order valence-corrected chi connectivity index (χ1v) is 6.34. The van der Waals surface area contributed by atoms with Crippen LogP contribution >= 0.6 is 0 Å². The number of benzene rings is 1. The summed E-state index contributed by atoms with van der Waals surface area (Å²) in [6.45, 7) is 2.01. The number of nitrogens with one attached hydrogen (secondary N) is 1. The van der Waals surface area contributed by atoms with Gasteiger partial charge in [-0.3, -0.25) is 0 Å². The standard InChI is InChI=1S/C15H16F3NO/c1-10(19-2)8-13-6-7-14(20-13)11-4-3-5-12(9-11)15(16,17)18/h3-7,9-10,19H,8H2,1-2H3. The van der Waals surface area contributed by atoms with Gasteiger partial charge in [-0.1, -0.05) is 12.1 Å². The fourth-order valence-electron chi connectivity index (χ4n) is 1.90. The van der Waals surface area contributed by atoms with Crippen molar-refractivity contribution in [2.45, 2.75) is 25.6 Å². The summed E-state index contributed by atoms with van der Waals surface area (Å²) in [5, 5.41) is 3.08. The molecule has 1 aromatic heterocycles. The van der Waals surface area contributed by atoms with Gasteiger partial charge < -0.3 is 9.73 Å². The molecular formula is C15H16F3NO. The van der Waals surface area contributed by atoms with E-state index >= 15 is 0 Å². The van der Waals surface area contributed by atoms with Crippen molar-refractivity contribution in [2.24, 2.45) is 0 Å². The van der Waals surface area contributed by atoms with Crippen LogP contribution in [-0.4, -0.2) is 13.1 Å². The Bertz CT molecular complexity index is 574. The molecule has 0 spiro atoms. The van der Waals surface area contributed by atoms with Gasteiger partial charge in [-0.05, 0) is 38.2 Å². The maximum Gasteiger partial charge on any atom is 0.416 e. The van der Waals surface area contributed by atoms with Crippen molar-refractivity contribution in [3.8, 4) is 11.3 Å². The third-order valence-electron chi connectivity index (χ3n) is 3.14. The van der Waals surface area contributed by atoms with E-state index in [2.05, 4.69) is 5.32 Å². The fraction of sp³-hybridized carbons (Fsp3) is 0.333. The van der Waals surface area contributed by atoms with Crippen LogP contribution in [0.5, 0.6) is 0 Å². The highest BCUT2D eigenvalue weighted by atomic mass is 19.4. The van der Waals surface area contributed by atoms with Gasteiger partial charge >= 0.3 is 6.18 Å². The van der Waals surface area contributed by atoms with Gasteiger partial charge in [0, 0.05) is 18.0 Å². The molecule has 2 aromatic rings. The number of rotatable bonds is 4. The van der Waals surface area contributed by atoms with Crippen molar-refractivity contribution in [1.82, 2.24) is 5.32 Å². The minimum atomic E-state index is -4.34. The first kappa shape index (κ1) is 14.7. The molecule has 20 heavy (non-hydrogen) atoms. The van der Waals surface area contributed by atoms with Gasteiger partial charge in [0.2, 0.25) is 0 Å². The second-order valence-electron chi connectivity index (χ2n) is 4.74. The maximum absolute atomic E-state index is 12.7. The Hall–Kier alpha value is -1.75. The van der Waals surface area contributed by atoms with Crippen molar-refractivity contribution in [3.05, 3.63) is 47.7 Å². The minimum Gasteiger partial charge on any atom is -0.461 e.